The number of hydrogen-bond donors (Lipinski definition) is 0. The van der Waals surface area contributed by atoms with Crippen molar-refractivity contribution >= 4 is 17.4 Å². The van der Waals surface area contributed by atoms with Crippen LogP contribution in [0.25, 0.3) is 5.57 Å². The molecule has 152 valence electrons. The van der Waals surface area contributed by atoms with E-state index in [-0.39, 0.29) is 18.4 Å². The highest BCUT2D eigenvalue weighted by atomic mass is 16.5. The number of rotatable bonds is 9. The number of aromatic nitrogens is 1. The number of aryl methyl sites for hydroxylation is 1. The number of imide groups is 1. The summed E-state index contributed by atoms with van der Waals surface area (Å²) in [6.07, 6.45) is 4.29. The number of benzene rings is 1. The van der Waals surface area contributed by atoms with Crippen molar-refractivity contribution in [3.8, 4) is 0 Å². The van der Waals surface area contributed by atoms with E-state index in [0.717, 1.165) is 23.1 Å². The Balaban J connectivity index is 1.96. The molecule has 1 aliphatic rings. The zero-order chi connectivity index (χ0) is 20.8. The lowest BCUT2D eigenvalue weighted by atomic mass is 10.0. The smallest absolute Gasteiger partial charge is 0.277 e. The van der Waals surface area contributed by atoms with Crippen molar-refractivity contribution in [3.63, 3.8) is 0 Å². The van der Waals surface area contributed by atoms with Gasteiger partial charge in [-0.1, -0.05) is 29.8 Å². The van der Waals surface area contributed by atoms with Crippen LogP contribution in [0.15, 0.2) is 54.5 Å². The number of methoxy groups -OCH3 is 1. The number of amides is 2. The van der Waals surface area contributed by atoms with Gasteiger partial charge in [-0.15, -0.1) is 0 Å². The van der Waals surface area contributed by atoms with Crippen LogP contribution in [0, 0.1) is 6.92 Å². The maximum absolute atomic E-state index is 13.2. The van der Waals surface area contributed by atoms with Gasteiger partial charge in [-0.3, -0.25) is 19.5 Å². The molecule has 6 nitrogen and oxygen atoms in total. The van der Waals surface area contributed by atoms with Crippen molar-refractivity contribution < 1.29 is 14.3 Å². The normalized spacial score (nSPS) is 14.1. The van der Waals surface area contributed by atoms with E-state index in [1.54, 1.807) is 19.5 Å². The number of pyridine rings is 1. The first-order valence-electron chi connectivity index (χ1n) is 9.87. The van der Waals surface area contributed by atoms with Crippen LogP contribution in [0.3, 0.4) is 0 Å². The molecule has 2 heterocycles. The third-order valence-corrected chi connectivity index (χ3v) is 5.12. The van der Waals surface area contributed by atoms with Crippen LogP contribution in [0.5, 0.6) is 0 Å². The minimum Gasteiger partial charge on any atom is -0.383 e. The van der Waals surface area contributed by atoms with Gasteiger partial charge in [0.2, 0.25) is 0 Å². The summed E-state index contributed by atoms with van der Waals surface area (Å²) < 4.78 is 5.10. The van der Waals surface area contributed by atoms with E-state index in [0.29, 0.717) is 31.0 Å². The molecule has 1 aromatic carbocycles. The zero-order valence-corrected chi connectivity index (χ0v) is 17.2. The molecule has 0 saturated heterocycles. The monoisotopic (exact) mass is 393 g/mol. The van der Waals surface area contributed by atoms with Gasteiger partial charge in [0.15, 0.2) is 0 Å². The van der Waals surface area contributed by atoms with Gasteiger partial charge in [-0.2, -0.15) is 0 Å². The average molecular weight is 393 g/mol. The highest BCUT2D eigenvalue weighted by Crippen LogP contribution is 2.31. The van der Waals surface area contributed by atoms with Crippen LogP contribution >= 0.6 is 0 Å². The molecule has 0 N–H and O–H groups in total. The highest BCUT2D eigenvalue weighted by molar-refractivity contribution is 6.35. The zero-order valence-electron chi connectivity index (χ0n) is 17.2. The number of carbonyl (C=O) groups is 2. The van der Waals surface area contributed by atoms with Crippen molar-refractivity contribution in [3.05, 3.63) is 71.2 Å². The molecule has 2 aromatic rings. The topological polar surface area (TPSA) is 62.7 Å². The molecule has 1 aromatic heterocycles. The molecule has 0 aliphatic carbocycles. The van der Waals surface area contributed by atoms with E-state index in [9.17, 15) is 9.59 Å². The summed E-state index contributed by atoms with van der Waals surface area (Å²) in [5.74, 6) is -0.507. The van der Waals surface area contributed by atoms with Gasteiger partial charge in [0.25, 0.3) is 11.8 Å². The standard InChI is InChI=1S/C23H27N3O3/c1-4-25(14-11-18-9-12-24-13-10-18)21-20(19-7-5-17(2)6-8-19)22(27)26(23(21)28)15-16-29-3/h5-10,12-13H,4,11,14-16H2,1-3H3. The second-order valence-corrected chi connectivity index (χ2v) is 7.03. The molecule has 0 radical (unpaired) electrons. The fourth-order valence-corrected chi connectivity index (χ4v) is 3.46. The van der Waals surface area contributed by atoms with Crippen LogP contribution < -0.4 is 0 Å². The minimum atomic E-state index is -0.256. The molecule has 0 bridgehead atoms. The van der Waals surface area contributed by atoms with E-state index in [2.05, 4.69) is 4.98 Å². The Bertz CT molecular complexity index is 891. The first kappa shape index (κ1) is 20.7. The SMILES string of the molecule is CCN(CCc1ccncc1)C1=C(c2ccc(C)cc2)C(=O)N(CCOC)C1=O. The molecule has 1 aliphatic heterocycles. The summed E-state index contributed by atoms with van der Waals surface area (Å²) in [4.78, 5) is 33.7. The van der Waals surface area contributed by atoms with E-state index in [1.807, 2.05) is 55.1 Å². The molecule has 6 heteroatoms. The van der Waals surface area contributed by atoms with Crippen LogP contribution in [0.1, 0.15) is 23.6 Å². The van der Waals surface area contributed by atoms with Crippen molar-refractivity contribution in [2.75, 3.05) is 33.4 Å². The summed E-state index contributed by atoms with van der Waals surface area (Å²) in [5.41, 5.74) is 3.97. The Morgan fingerprint density at radius 3 is 2.34 bits per heavy atom. The van der Waals surface area contributed by atoms with E-state index in [4.69, 9.17) is 4.74 Å². The predicted octanol–water partition coefficient (Wildman–Crippen LogP) is 2.68. The van der Waals surface area contributed by atoms with Gasteiger partial charge in [-0.25, -0.2) is 0 Å². The molecule has 0 atom stereocenters. The average Bonchev–Trinajstić information content (AvgIpc) is 2.98. The lowest BCUT2D eigenvalue weighted by Crippen LogP contribution is -2.37. The molecule has 0 unspecified atom stereocenters. The van der Waals surface area contributed by atoms with Gasteiger partial charge < -0.3 is 9.64 Å². The third-order valence-electron chi connectivity index (χ3n) is 5.12. The quantitative estimate of drug-likeness (QED) is 0.613. The minimum absolute atomic E-state index is 0.245. The Hall–Kier alpha value is -2.99. The number of hydrogen-bond acceptors (Lipinski definition) is 5. The number of nitrogens with zero attached hydrogens (tertiary/aromatic N) is 3. The maximum atomic E-state index is 13.2. The molecule has 0 spiro atoms. The Kier molecular flexibility index (Phi) is 6.77. The molecule has 3 rings (SSSR count). The van der Waals surface area contributed by atoms with Gasteiger partial charge in [-0.05, 0) is 43.5 Å². The van der Waals surface area contributed by atoms with Gasteiger partial charge >= 0.3 is 0 Å². The summed E-state index contributed by atoms with van der Waals surface area (Å²) in [7, 11) is 1.56. The summed E-state index contributed by atoms with van der Waals surface area (Å²) >= 11 is 0. The van der Waals surface area contributed by atoms with Gasteiger partial charge in [0.1, 0.15) is 5.70 Å². The predicted molar refractivity (Wildman–Crippen MR) is 112 cm³/mol. The Morgan fingerprint density at radius 1 is 1.03 bits per heavy atom. The first-order valence-corrected chi connectivity index (χ1v) is 9.87. The summed E-state index contributed by atoms with van der Waals surface area (Å²) in [6.45, 7) is 5.83. The van der Waals surface area contributed by atoms with Gasteiger partial charge in [0, 0.05) is 32.6 Å². The largest absolute Gasteiger partial charge is 0.383 e. The fourth-order valence-electron chi connectivity index (χ4n) is 3.46. The van der Waals surface area contributed by atoms with Crippen molar-refractivity contribution in [2.24, 2.45) is 0 Å². The second kappa shape index (κ2) is 9.47. The van der Waals surface area contributed by atoms with Crippen molar-refractivity contribution in [2.45, 2.75) is 20.3 Å². The lowest BCUT2D eigenvalue weighted by Gasteiger charge is -2.24. The summed E-state index contributed by atoms with van der Waals surface area (Å²) in [5, 5.41) is 0. The molecule has 2 amide bonds. The number of likely N-dealkylation sites (N-methyl/N-ethyl adjacent to an activating group) is 1. The van der Waals surface area contributed by atoms with E-state index >= 15 is 0 Å². The van der Waals surface area contributed by atoms with E-state index in [1.165, 1.54) is 4.90 Å². The van der Waals surface area contributed by atoms with Crippen LogP contribution in [0.2, 0.25) is 0 Å². The second-order valence-electron chi connectivity index (χ2n) is 7.03. The maximum Gasteiger partial charge on any atom is 0.277 e. The van der Waals surface area contributed by atoms with E-state index < -0.39 is 0 Å². The third kappa shape index (κ3) is 4.54. The Labute approximate surface area is 171 Å². The van der Waals surface area contributed by atoms with Gasteiger partial charge in [0.05, 0.1) is 18.7 Å². The lowest BCUT2D eigenvalue weighted by molar-refractivity contribution is -0.138. The highest BCUT2D eigenvalue weighted by Gasteiger charge is 2.40. The van der Waals surface area contributed by atoms with Crippen LogP contribution in [-0.2, 0) is 20.7 Å². The molecule has 29 heavy (non-hydrogen) atoms. The number of carbonyl (C=O) groups excluding carboxylic acids is 2. The fraction of sp³-hybridized carbons (Fsp3) is 0.348. The Morgan fingerprint density at radius 2 is 1.72 bits per heavy atom. The molecule has 0 fully saturated rings. The van der Waals surface area contributed by atoms with Crippen molar-refractivity contribution in [1.29, 1.82) is 0 Å². The number of ether oxygens (including phenoxy) is 1. The first-order chi connectivity index (χ1) is 14.1. The van der Waals surface area contributed by atoms with Crippen LogP contribution in [-0.4, -0.2) is 59.9 Å². The molecular formula is C23H27N3O3. The van der Waals surface area contributed by atoms with Crippen molar-refractivity contribution in [1.82, 2.24) is 14.8 Å². The van der Waals surface area contributed by atoms with Crippen LogP contribution in [0.4, 0.5) is 0 Å². The molecule has 0 saturated carbocycles. The summed E-state index contributed by atoms with van der Waals surface area (Å²) in [6, 6.07) is 11.7. The molecular weight excluding hydrogens is 366 g/mol.